The lowest BCUT2D eigenvalue weighted by atomic mass is 9.97. The van der Waals surface area contributed by atoms with Crippen LogP contribution < -0.4 is 21.7 Å². The molecular formula is C22H40N4O7S. The van der Waals surface area contributed by atoms with Gasteiger partial charge in [0.25, 0.3) is 0 Å². The van der Waals surface area contributed by atoms with Gasteiger partial charge in [-0.25, -0.2) is 4.79 Å². The maximum atomic E-state index is 13.0. The first kappa shape index (κ1) is 31.7. The van der Waals surface area contributed by atoms with E-state index in [0.29, 0.717) is 12.2 Å². The molecule has 3 amide bonds. The molecule has 5 unspecified atom stereocenters. The molecule has 0 rings (SSSR count). The van der Waals surface area contributed by atoms with E-state index < -0.39 is 60.2 Å². The summed E-state index contributed by atoms with van der Waals surface area (Å²) in [6.07, 6.45) is 2.25. The summed E-state index contributed by atoms with van der Waals surface area (Å²) in [6.45, 7) is 7.44. The maximum Gasteiger partial charge on any atom is 0.326 e. The molecule has 0 heterocycles. The van der Waals surface area contributed by atoms with E-state index >= 15 is 0 Å². The molecule has 196 valence electrons. The number of aliphatic carboxylic acids is 2. The summed E-state index contributed by atoms with van der Waals surface area (Å²) in [5, 5.41) is 25.9. The zero-order chi connectivity index (χ0) is 26.4. The van der Waals surface area contributed by atoms with Gasteiger partial charge in [0.1, 0.15) is 18.1 Å². The van der Waals surface area contributed by atoms with Gasteiger partial charge in [-0.15, -0.1) is 0 Å². The van der Waals surface area contributed by atoms with Crippen LogP contribution in [0.5, 0.6) is 0 Å². The molecule has 5 atom stereocenters. The first-order valence-electron chi connectivity index (χ1n) is 11.4. The van der Waals surface area contributed by atoms with Crippen LogP contribution in [0.3, 0.4) is 0 Å². The molecule has 12 heteroatoms. The second-order valence-corrected chi connectivity index (χ2v) is 9.76. The SMILES string of the molecule is CCC(C)C(N)C(=O)NC(CC(C)C)C(=O)NC(CCC(=O)O)C(=O)NC(CCSC)C(=O)O. The van der Waals surface area contributed by atoms with Gasteiger partial charge in [0.2, 0.25) is 17.7 Å². The number of amides is 3. The quantitative estimate of drug-likeness (QED) is 0.164. The molecular weight excluding hydrogens is 464 g/mol. The molecule has 0 saturated carbocycles. The van der Waals surface area contributed by atoms with Crippen LogP contribution in [0.4, 0.5) is 0 Å². The third kappa shape index (κ3) is 12.2. The average molecular weight is 505 g/mol. The largest absolute Gasteiger partial charge is 0.481 e. The minimum Gasteiger partial charge on any atom is -0.481 e. The van der Waals surface area contributed by atoms with Gasteiger partial charge in [-0.3, -0.25) is 19.2 Å². The van der Waals surface area contributed by atoms with Crippen molar-refractivity contribution < 1.29 is 34.2 Å². The third-order valence-corrected chi connectivity index (χ3v) is 6.05. The summed E-state index contributed by atoms with van der Waals surface area (Å²) in [4.78, 5) is 60.9. The Kier molecular flexibility index (Phi) is 15.2. The second kappa shape index (κ2) is 16.3. The van der Waals surface area contributed by atoms with E-state index in [2.05, 4.69) is 16.0 Å². The van der Waals surface area contributed by atoms with Crippen LogP contribution in [0, 0.1) is 11.8 Å². The van der Waals surface area contributed by atoms with Crippen LogP contribution in [0.2, 0.25) is 0 Å². The Morgan fingerprint density at radius 2 is 1.38 bits per heavy atom. The fourth-order valence-corrected chi connectivity index (χ4v) is 3.53. The van der Waals surface area contributed by atoms with E-state index in [9.17, 15) is 29.1 Å². The lowest BCUT2D eigenvalue weighted by molar-refractivity contribution is -0.143. The zero-order valence-corrected chi connectivity index (χ0v) is 21.4. The highest BCUT2D eigenvalue weighted by Gasteiger charge is 2.31. The Hall–Kier alpha value is -2.34. The molecule has 0 spiro atoms. The number of hydrogen-bond acceptors (Lipinski definition) is 7. The lowest BCUT2D eigenvalue weighted by Crippen LogP contribution is -2.58. The lowest BCUT2D eigenvalue weighted by Gasteiger charge is -2.26. The van der Waals surface area contributed by atoms with Crippen LogP contribution in [-0.4, -0.2) is 76.0 Å². The molecule has 7 N–H and O–H groups in total. The molecule has 0 aromatic carbocycles. The van der Waals surface area contributed by atoms with Gasteiger partial charge in [0.15, 0.2) is 0 Å². The van der Waals surface area contributed by atoms with Crippen molar-refractivity contribution in [2.75, 3.05) is 12.0 Å². The molecule has 0 aliphatic heterocycles. The Labute approximate surface area is 205 Å². The highest BCUT2D eigenvalue weighted by Crippen LogP contribution is 2.10. The molecule has 0 aromatic heterocycles. The fraction of sp³-hybridized carbons (Fsp3) is 0.773. The number of carbonyl (C=O) groups excluding carboxylic acids is 3. The number of carboxylic acids is 2. The Bertz CT molecular complexity index is 705. The number of hydrogen-bond donors (Lipinski definition) is 6. The molecule has 0 saturated heterocycles. The van der Waals surface area contributed by atoms with E-state index in [1.165, 1.54) is 11.8 Å². The predicted octanol–water partition coefficient (Wildman–Crippen LogP) is 0.563. The van der Waals surface area contributed by atoms with Crippen LogP contribution >= 0.6 is 11.8 Å². The number of rotatable bonds is 17. The van der Waals surface area contributed by atoms with E-state index in [0.717, 1.165) is 0 Å². The monoisotopic (exact) mass is 504 g/mol. The molecule has 34 heavy (non-hydrogen) atoms. The second-order valence-electron chi connectivity index (χ2n) is 8.78. The predicted molar refractivity (Wildman–Crippen MR) is 130 cm³/mol. The maximum absolute atomic E-state index is 13.0. The first-order chi connectivity index (χ1) is 15.8. The summed E-state index contributed by atoms with van der Waals surface area (Å²) in [5.41, 5.74) is 5.97. The highest BCUT2D eigenvalue weighted by molar-refractivity contribution is 7.98. The third-order valence-electron chi connectivity index (χ3n) is 5.40. The van der Waals surface area contributed by atoms with Crippen molar-refractivity contribution in [1.82, 2.24) is 16.0 Å². The molecule has 0 aliphatic rings. The van der Waals surface area contributed by atoms with Gasteiger partial charge in [-0.2, -0.15) is 11.8 Å². The van der Waals surface area contributed by atoms with Crippen molar-refractivity contribution in [3.05, 3.63) is 0 Å². The van der Waals surface area contributed by atoms with Crippen molar-refractivity contribution in [2.24, 2.45) is 17.6 Å². The molecule has 0 bridgehead atoms. The number of carbonyl (C=O) groups is 5. The van der Waals surface area contributed by atoms with Crippen molar-refractivity contribution in [1.29, 1.82) is 0 Å². The summed E-state index contributed by atoms with van der Waals surface area (Å²) in [5.74, 6) is -3.96. The van der Waals surface area contributed by atoms with Gasteiger partial charge in [-0.1, -0.05) is 34.1 Å². The topological polar surface area (TPSA) is 188 Å². The molecule has 0 radical (unpaired) electrons. The molecule has 0 aromatic rings. The minimum absolute atomic E-state index is 0.0186. The first-order valence-corrected chi connectivity index (χ1v) is 12.8. The van der Waals surface area contributed by atoms with Gasteiger partial charge in [0, 0.05) is 6.42 Å². The van der Waals surface area contributed by atoms with Crippen LogP contribution in [0.1, 0.15) is 59.8 Å². The van der Waals surface area contributed by atoms with E-state index in [1.54, 1.807) is 6.26 Å². The number of nitrogens with one attached hydrogen (secondary N) is 3. The smallest absolute Gasteiger partial charge is 0.326 e. The van der Waals surface area contributed by atoms with Gasteiger partial charge in [0.05, 0.1) is 6.04 Å². The zero-order valence-electron chi connectivity index (χ0n) is 20.6. The van der Waals surface area contributed by atoms with Gasteiger partial charge >= 0.3 is 11.9 Å². The summed E-state index contributed by atoms with van der Waals surface area (Å²) < 4.78 is 0. The highest BCUT2D eigenvalue weighted by atomic mass is 32.2. The van der Waals surface area contributed by atoms with E-state index in [4.69, 9.17) is 10.8 Å². The Morgan fingerprint density at radius 3 is 1.85 bits per heavy atom. The fourth-order valence-electron chi connectivity index (χ4n) is 3.06. The summed E-state index contributed by atoms with van der Waals surface area (Å²) in [7, 11) is 0. The molecule has 11 nitrogen and oxygen atoms in total. The normalized spacial score (nSPS) is 15.5. The van der Waals surface area contributed by atoms with Crippen LogP contribution in [0.15, 0.2) is 0 Å². The number of carboxylic acid groups (broad SMARTS) is 2. The van der Waals surface area contributed by atoms with Crippen molar-refractivity contribution in [3.63, 3.8) is 0 Å². The van der Waals surface area contributed by atoms with Crippen molar-refractivity contribution >= 4 is 41.4 Å². The summed E-state index contributed by atoms with van der Waals surface area (Å²) >= 11 is 1.42. The number of nitrogens with two attached hydrogens (primary N) is 1. The van der Waals surface area contributed by atoms with Crippen LogP contribution in [-0.2, 0) is 24.0 Å². The van der Waals surface area contributed by atoms with Gasteiger partial charge in [-0.05, 0) is 43.1 Å². The number of thioether (sulfide) groups is 1. The Balaban J connectivity index is 5.57. The van der Waals surface area contributed by atoms with Crippen molar-refractivity contribution in [3.8, 4) is 0 Å². The minimum atomic E-state index is -1.28. The summed E-state index contributed by atoms with van der Waals surface area (Å²) in [6, 6.07) is -4.26. The van der Waals surface area contributed by atoms with E-state index in [1.807, 2.05) is 27.7 Å². The van der Waals surface area contributed by atoms with Gasteiger partial charge < -0.3 is 31.9 Å². The average Bonchev–Trinajstić information content (AvgIpc) is 2.76. The standard InChI is InChI=1S/C22H40N4O7S/c1-6-13(4)18(23)21(31)26-16(11-12(2)3)20(30)24-14(7-8-17(27)28)19(29)25-15(22(32)33)9-10-34-5/h12-16,18H,6-11,23H2,1-5H3,(H,24,30)(H,25,29)(H,26,31)(H,27,28)(H,32,33). The molecule has 0 aliphatic carbocycles. The van der Waals surface area contributed by atoms with Crippen LogP contribution in [0.25, 0.3) is 0 Å². The molecule has 0 fully saturated rings. The van der Waals surface area contributed by atoms with Crippen molar-refractivity contribution in [2.45, 2.75) is 84.0 Å². The van der Waals surface area contributed by atoms with E-state index in [-0.39, 0.29) is 31.1 Å². The Morgan fingerprint density at radius 1 is 0.853 bits per heavy atom.